The van der Waals surface area contributed by atoms with Gasteiger partial charge in [-0.1, -0.05) is 30.0 Å². The molecule has 0 fully saturated rings. The maximum absolute atomic E-state index is 12.2. The molecule has 0 unspecified atom stereocenters. The molecule has 1 amide bonds. The van der Waals surface area contributed by atoms with E-state index in [9.17, 15) is 4.79 Å². The summed E-state index contributed by atoms with van der Waals surface area (Å²) in [5, 5.41) is 14.2. The molecule has 3 aromatic heterocycles. The number of thiophene rings is 1. The Hall–Kier alpha value is -2.65. The highest BCUT2D eigenvalue weighted by Gasteiger charge is 2.15. The Morgan fingerprint density at radius 1 is 1.26 bits per heavy atom. The fourth-order valence-corrected chi connectivity index (χ4v) is 4.27. The lowest BCUT2D eigenvalue weighted by molar-refractivity contribution is -0.118. The zero-order valence-corrected chi connectivity index (χ0v) is 16.3. The number of carbonyl (C=O) groups is 1. The number of fused-ring (bicyclic) bond motifs is 1. The van der Waals surface area contributed by atoms with Crippen molar-refractivity contribution in [2.45, 2.75) is 25.2 Å². The third-order valence-electron chi connectivity index (χ3n) is 4.00. The second-order valence-electron chi connectivity index (χ2n) is 5.79. The molecule has 0 saturated heterocycles. The first-order valence-corrected chi connectivity index (χ1v) is 10.4. The van der Waals surface area contributed by atoms with Gasteiger partial charge in [0.25, 0.3) is 0 Å². The number of nitrogens with one attached hydrogen (secondary N) is 2. The molecule has 0 aliphatic heterocycles. The number of aromatic nitrogens is 5. The molecular weight excluding hydrogens is 380 g/mol. The quantitative estimate of drug-likeness (QED) is 0.466. The van der Waals surface area contributed by atoms with Crippen LogP contribution in [0.1, 0.15) is 12.7 Å². The molecule has 0 saturated carbocycles. The molecule has 0 spiro atoms. The highest BCUT2D eigenvalue weighted by molar-refractivity contribution is 7.99. The minimum atomic E-state index is -0.0659. The van der Waals surface area contributed by atoms with E-state index in [-0.39, 0.29) is 11.7 Å². The SMILES string of the molecule is CCn1c(SCC(=O)NCc2nc3ccccc3[nH]2)nnc1-c1cccs1. The van der Waals surface area contributed by atoms with Crippen molar-refractivity contribution in [2.24, 2.45) is 0 Å². The number of imidazole rings is 1. The zero-order chi connectivity index (χ0) is 18.6. The van der Waals surface area contributed by atoms with Gasteiger partial charge in [0.2, 0.25) is 5.91 Å². The standard InChI is InChI=1S/C18H18N6OS2/c1-2-24-17(14-8-5-9-26-14)22-23-18(24)27-11-16(25)19-10-15-20-12-6-3-4-7-13(12)21-15/h3-9H,2,10-11H2,1H3,(H,19,25)(H,20,21). The minimum Gasteiger partial charge on any atom is -0.348 e. The molecule has 4 aromatic rings. The van der Waals surface area contributed by atoms with E-state index in [2.05, 4.69) is 25.5 Å². The van der Waals surface area contributed by atoms with Crippen LogP contribution in [0.15, 0.2) is 46.9 Å². The van der Waals surface area contributed by atoms with Crippen LogP contribution >= 0.6 is 23.1 Å². The van der Waals surface area contributed by atoms with E-state index >= 15 is 0 Å². The average Bonchev–Trinajstić information content (AvgIpc) is 3.42. The summed E-state index contributed by atoms with van der Waals surface area (Å²) < 4.78 is 2.03. The van der Waals surface area contributed by atoms with Crippen LogP contribution in [0.25, 0.3) is 21.7 Å². The van der Waals surface area contributed by atoms with Crippen LogP contribution in [-0.4, -0.2) is 36.4 Å². The van der Waals surface area contributed by atoms with Crippen LogP contribution in [0.3, 0.4) is 0 Å². The normalized spacial score (nSPS) is 11.1. The number of hydrogen-bond acceptors (Lipinski definition) is 6. The number of nitrogens with zero attached hydrogens (tertiary/aromatic N) is 4. The van der Waals surface area contributed by atoms with Crippen molar-refractivity contribution >= 4 is 40.0 Å². The number of rotatable bonds is 7. The van der Waals surface area contributed by atoms with Crippen molar-refractivity contribution < 1.29 is 4.79 Å². The number of thioether (sulfide) groups is 1. The molecule has 0 aliphatic carbocycles. The lowest BCUT2D eigenvalue weighted by Gasteiger charge is -2.06. The van der Waals surface area contributed by atoms with E-state index in [0.717, 1.165) is 39.3 Å². The Kier molecular flexibility index (Phi) is 5.21. The molecule has 0 radical (unpaired) electrons. The fraction of sp³-hybridized carbons (Fsp3) is 0.222. The summed E-state index contributed by atoms with van der Waals surface area (Å²) in [5.74, 6) is 1.80. The van der Waals surface area contributed by atoms with Gasteiger partial charge in [-0.2, -0.15) is 0 Å². The van der Waals surface area contributed by atoms with Gasteiger partial charge in [0.15, 0.2) is 11.0 Å². The minimum absolute atomic E-state index is 0.0659. The van der Waals surface area contributed by atoms with Gasteiger partial charge in [0, 0.05) is 6.54 Å². The largest absolute Gasteiger partial charge is 0.348 e. The number of H-pyrrole nitrogens is 1. The number of aromatic amines is 1. The molecule has 1 aromatic carbocycles. The molecule has 0 bridgehead atoms. The molecule has 2 N–H and O–H groups in total. The summed E-state index contributed by atoms with van der Waals surface area (Å²) in [6.07, 6.45) is 0. The van der Waals surface area contributed by atoms with E-state index in [4.69, 9.17) is 0 Å². The maximum Gasteiger partial charge on any atom is 0.230 e. The summed E-state index contributed by atoms with van der Waals surface area (Å²) in [7, 11) is 0. The average molecular weight is 399 g/mol. The second kappa shape index (κ2) is 7.93. The van der Waals surface area contributed by atoms with Crippen LogP contribution in [-0.2, 0) is 17.9 Å². The summed E-state index contributed by atoms with van der Waals surface area (Å²) in [6.45, 7) is 3.17. The summed E-state index contributed by atoms with van der Waals surface area (Å²) in [4.78, 5) is 20.9. The van der Waals surface area contributed by atoms with Crippen molar-refractivity contribution in [1.29, 1.82) is 0 Å². The highest BCUT2D eigenvalue weighted by atomic mass is 32.2. The number of hydrogen-bond donors (Lipinski definition) is 2. The lowest BCUT2D eigenvalue weighted by atomic mass is 10.3. The van der Waals surface area contributed by atoms with Crippen LogP contribution in [0.5, 0.6) is 0 Å². The molecule has 138 valence electrons. The smallest absolute Gasteiger partial charge is 0.230 e. The summed E-state index contributed by atoms with van der Waals surface area (Å²) >= 11 is 3.02. The topological polar surface area (TPSA) is 88.5 Å². The van der Waals surface area contributed by atoms with E-state index in [1.165, 1.54) is 11.8 Å². The van der Waals surface area contributed by atoms with Crippen LogP contribution in [0.4, 0.5) is 0 Å². The Morgan fingerprint density at radius 2 is 2.15 bits per heavy atom. The van der Waals surface area contributed by atoms with Gasteiger partial charge in [-0.25, -0.2) is 4.98 Å². The van der Waals surface area contributed by atoms with Crippen LogP contribution in [0, 0.1) is 0 Å². The molecule has 4 rings (SSSR count). The summed E-state index contributed by atoms with van der Waals surface area (Å²) in [6, 6.07) is 11.8. The predicted molar refractivity (Wildman–Crippen MR) is 108 cm³/mol. The van der Waals surface area contributed by atoms with Gasteiger partial charge >= 0.3 is 0 Å². The second-order valence-corrected chi connectivity index (χ2v) is 7.68. The first kappa shape index (κ1) is 17.7. The van der Waals surface area contributed by atoms with Gasteiger partial charge in [-0.3, -0.25) is 4.79 Å². The van der Waals surface area contributed by atoms with Crippen LogP contribution < -0.4 is 5.32 Å². The van der Waals surface area contributed by atoms with Gasteiger partial charge in [-0.05, 0) is 30.5 Å². The van der Waals surface area contributed by atoms with Crippen molar-refractivity contribution in [3.8, 4) is 10.7 Å². The van der Waals surface area contributed by atoms with Gasteiger partial charge in [0.05, 0.1) is 28.2 Å². The van der Waals surface area contributed by atoms with Crippen molar-refractivity contribution in [1.82, 2.24) is 30.0 Å². The monoisotopic (exact) mass is 398 g/mol. The number of carbonyl (C=O) groups excluding carboxylic acids is 1. The van der Waals surface area contributed by atoms with Crippen molar-refractivity contribution in [3.05, 3.63) is 47.6 Å². The number of amides is 1. The Labute approximate surface area is 164 Å². The Bertz CT molecular complexity index is 1020. The lowest BCUT2D eigenvalue weighted by Crippen LogP contribution is -2.25. The van der Waals surface area contributed by atoms with E-state index in [1.807, 2.05) is 53.3 Å². The molecule has 27 heavy (non-hydrogen) atoms. The van der Waals surface area contributed by atoms with E-state index in [0.29, 0.717) is 6.54 Å². The first-order valence-electron chi connectivity index (χ1n) is 8.55. The molecule has 9 heteroatoms. The van der Waals surface area contributed by atoms with E-state index < -0.39 is 0 Å². The van der Waals surface area contributed by atoms with Gasteiger partial charge < -0.3 is 14.9 Å². The summed E-state index contributed by atoms with van der Waals surface area (Å²) in [5.41, 5.74) is 1.86. The molecule has 0 aliphatic rings. The fourth-order valence-electron chi connectivity index (χ4n) is 2.72. The highest BCUT2D eigenvalue weighted by Crippen LogP contribution is 2.27. The molecule has 3 heterocycles. The first-order chi connectivity index (χ1) is 13.2. The molecular formula is C18H18N6OS2. The zero-order valence-electron chi connectivity index (χ0n) is 14.7. The maximum atomic E-state index is 12.2. The molecule has 7 nitrogen and oxygen atoms in total. The van der Waals surface area contributed by atoms with E-state index in [1.54, 1.807) is 11.3 Å². The van der Waals surface area contributed by atoms with Crippen molar-refractivity contribution in [2.75, 3.05) is 5.75 Å². The predicted octanol–water partition coefficient (Wildman–Crippen LogP) is 3.31. The molecule has 0 atom stereocenters. The van der Waals surface area contributed by atoms with Gasteiger partial charge in [0.1, 0.15) is 5.82 Å². The Balaban J connectivity index is 1.35. The van der Waals surface area contributed by atoms with Crippen molar-refractivity contribution in [3.63, 3.8) is 0 Å². The van der Waals surface area contributed by atoms with Gasteiger partial charge in [-0.15, -0.1) is 21.5 Å². The Morgan fingerprint density at radius 3 is 2.93 bits per heavy atom. The number of para-hydroxylation sites is 2. The van der Waals surface area contributed by atoms with Crippen LogP contribution in [0.2, 0.25) is 0 Å². The number of benzene rings is 1. The third kappa shape index (κ3) is 3.88. The third-order valence-corrected chi connectivity index (χ3v) is 5.83.